The first-order valence-electron chi connectivity index (χ1n) is 10.6. The van der Waals surface area contributed by atoms with Crippen molar-refractivity contribution < 1.29 is 29.1 Å². The van der Waals surface area contributed by atoms with E-state index in [0.717, 1.165) is 18.4 Å². The molecule has 178 valence electrons. The zero-order valence-electron chi connectivity index (χ0n) is 18.0. The van der Waals surface area contributed by atoms with Gasteiger partial charge in [-0.2, -0.15) is 5.48 Å². The number of aromatic amines is 1. The SMILES string of the molecule is O=C(NC(CNC(=O)C1CC(CCCNc2ncc[nH]2)ON1)C(=O)O)OCc1ccccc1. The maximum Gasteiger partial charge on any atom is 0.408 e. The highest BCUT2D eigenvalue weighted by Crippen LogP contribution is 2.16. The fraction of sp³-hybridized carbons (Fsp3) is 0.429. The number of benzene rings is 1. The monoisotopic (exact) mass is 460 g/mol. The van der Waals surface area contributed by atoms with Gasteiger partial charge in [-0.05, 0) is 18.4 Å². The molecule has 1 aromatic carbocycles. The number of amides is 2. The van der Waals surface area contributed by atoms with Crippen LogP contribution in [0.25, 0.3) is 0 Å². The van der Waals surface area contributed by atoms with Gasteiger partial charge >= 0.3 is 12.1 Å². The Bertz CT molecular complexity index is 894. The molecule has 1 saturated heterocycles. The van der Waals surface area contributed by atoms with Gasteiger partial charge in [0.2, 0.25) is 5.91 Å². The van der Waals surface area contributed by atoms with E-state index in [1.807, 2.05) is 6.07 Å². The lowest BCUT2D eigenvalue weighted by Gasteiger charge is -2.16. The summed E-state index contributed by atoms with van der Waals surface area (Å²) < 4.78 is 5.03. The lowest BCUT2D eigenvalue weighted by atomic mass is 10.1. The molecule has 2 heterocycles. The number of carboxylic acid groups (broad SMARTS) is 1. The molecule has 1 aliphatic rings. The minimum atomic E-state index is -1.33. The Morgan fingerprint density at radius 1 is 1.27 bits per heavy atom. The van der Waals surface area contributed by atoms with E-state index >= 15 is 0 Å². The van der Waals surface area contributed by atoms with Gasteiger partial charge < -0.3 is 30.8 Å². The first-order chi connectivity index (χ1) is 16.0. The van der Waals surface area contributed by atoms with Gasteiger partial charge in [0.1, 0.15) is 18.7 Å². The molecule has 33 heavy (non-hydrogen) atoms. The Hall–Kier alpha value is -3.64. The number of hydroxylamine groups is 1. The minimum absolute atomic E-state index is 0.00707. The maximum atomic E-state index is 12.4. The highest BCUT2D eigenvalue weighted by Gasteiger charge is 2.31. The molecule has 1 aromatic heterocycles. The van der Waals surface area contributed by atoms with Crippen molar-refractivity contribution in [3.8, 4) is 0 Å². The second-order valence-electron chi connectivity index (χ2n) is 7.49. The highest BCUT2D eigenvalue weighted by molar-refractivity contribution is 5.84. The second-order valence-corrected chi connectivity index (χ2v) is 7.49. The number of carbonyl (C=O) groups is 3. The average Bonchev–Trinajstić information content (AvgIpc) is 3.51. The molecule has 3 unspecified atom stereocenters. The van der Waals surface area contributed by atoms with Crippen molar-refractivity contribution in [2.24, 2.45) is 0 Å². The first kappa shape index (κ1) is 24.0. The topological polar surface area (TPSA) is 167 Å². The van der Waals surface area contributed by atoms with Crippen LogP contribution in [0.2, 0.25) is 0 Å². The van der Waals surface area contributed by atoms with E-state index in [1.54, 1.807) is 36.7 Å². The number of aromatic nitrogens is 2. The average molecular weight is 460 g/mol. The van der Waals surface area contributed by atoms with Crippen molar-refractivity contribution in [1.29, 1.82) is 0 Å². The Morgan fingerprint density at radius 3 is 2.82 bits per heavy atom. The molecule has 0 aliphatic carbocycles. The zero-order valence-corrected chi connectivity index (χ0v) is 18.0. The number of anilines is 1. The van der Waals surface area contributed by atoms with E-state index in [1.165, 1.54) is 0 Å². The number of H-pyrrole nitrogens is 1. The summed E-state index contributed by atoms with van der Waals surface area (Å²) in [4.78, 5) is 48.2. The van der Waals surface area contributed by atoms with Crippen LogP contribution in [0.4, 0.5) is 10.7 Å². The van der Waals surface area contributed by atoms with Crippen molar-refractivity contribution in [3.63, 3.8) is 0 Å². The molecular formula is C21H28N6O6. The highest BCUT2D eigenvalue weighted by atomic mass is 16.7. The van der Waals surface area contributed by atoms with Crippen LogP contribution >= 0.6 is 0 Å². The van der Waals surface area contributed by atoms with Crippen LogP contribution in [0.1, 0.15) is 24.8 Å². The summed E-state index contributed by atoms with van der Waals surface area (Å²) in [7, 11) is 0. The number of nitrogens with zero attached hydrogens (tertiary/aromatic N) is 1. The van der Waals surface area contributed by atoms with Gasteiger partial charge in [0.25, 0.3) is 0 Å². The van der Waals surface area contributed by atoms with Crippen LogP contribution in [0.3, 0.4) is 0 Å². The van der Waals surface area contributed by atoms with Crippen LogP contribution in [0, 0.1) is 0 Å². The quantitative estimate of drug-likeness (QED) is 0.251. The lowest BCUT2D eigenvalue weighted by Crippen LogP contribution is -2.51. The van der Waals surface area contributed by atoms with Gasteiger partial charge in [-0.3, -0.25) is 9.63 Å². The van der Waals surface area contributed by atoms with Crippen LogP contribution in [-0.4, -0.2) is 64.3 Å². The Morgan fingerprint density at radius 2 is 2.09 bits per heavy atom. The normalized spacial score (nSPS) is 18.3. The van der Waals surface area contributed by atoms with E-state index in [-0.39, 0.29) is 19.3 Å². The molecule has 0 saturated carbocycles. The largest absolute Gasteiger partial charge is 0.480 e. The first-order valence-corrected chi connectivity index (χ1v) is 10.6. The fourth-order valence-electron chi connectivity index (χ4n) is 3.21. The van der Waals surface area contributed by atoms with Gasteiger partial charge in [-0.15, -0.1) is 0 Å². The molecule has 3 atom stereocenters. The standard InChI is InChI=1S/C21H28N6O6/c28-18(16-11-15(33-27-16)7-4-8-22-20-23-9-10-24-20)25-12-17(19(29)30)26-21(31)32-13-14-5-2-1-3-6-14/h1-3,5-6,9-10,15-17,27H,4,7-8,11-13H2,(H,25,28)(H,26,31)(H,29,30)(H2,22,23,24). The molecule has 12 nitrogen and oxygen atoms in total. The predicted molar refractivity (Wildman–Crippen MR) is 117 cm³/mol. The van der Waals surface area contributed by atoms with Crippen molar-refractivity contribution in [2.75, 3.05) is 18.4 Å². The van der Waals surface area contributed by atoms with Crippen molar-refractivity contribution in [1.82, 2.24) is 26.1 Å². The zero-order chi connectivity index (χ0) is 23.5. The third-order valence-corrected chi connectivity index (χ3v) is 4.97. The maximum absolute atomic E-state index is 12.4. The number of carboxylic acids is 1. The number of hydrogen-bond acceptors (Lipinski definition) is 8. The summed E-state index contributed by atoms with van der Waals surface area (Å²) in [6.07, 6.45) is 4.37. The molecule has 0 spiro atoms. The van der Waals surface area contributed by atoms with Crippen LogP contribution in [0.5, 0.6) is 0 Å². The Kier molecular flexibility index (Phi) is 9.03. The van der Waals surface area contributed by atoms with Crippen LogP contribution < -0.4 is 21.4 Å². The molecule has 6 N–H and O–H groups in total. The third-order valence-electron chi connectivity index (χ3n) is 4.97. The van der Waals surface area contributed by atoms with E-state index in [0.29, 0.717) is 18.9 Å². The van der Waals surface area contributed by atoms with Gasteiger partial charge in [-0.1, -0.05) is 30.3 Å². The number of imidazole rings is 1. The number of aliphatic carboxylic acids is 1. The summed E-state index contributed by atoms with van der Waals surface area (Å²) >= 11 is 0. The van der Waals surface area contributed by atoms with E-state index < -0.39 is 30.1 Å². The summed E-state index contributed by atoms with van der Waals surface area (Å²) in [6.45, 7) is 0.425. The minimum Gasteiger partial charge on any atom is -0.480 e. The van der Waals surface area contributed by atoms with Gasteiger partial charge in [0.05, 0.1) is 6.10 Å². The van der Waals surface area contributed by atoms with Crippen molar-refractivity contribution in [3.05, 3.63) is 48.3 Å². The molecule has 0 bridgehead atoms. The second kappa shape index (κ2) is 12.4. The van der Waals surface area contributed by atoms with Gasteiger partial charge in [0.15, 0.2) is 5.95 Å². The van der Waals surface area contributed by atoms with E-state index in [9.17, 15) is 19.5 Å². The number of rotatable bonds is 12. The molecular weight excluding hydrogens is 432 g/mol. The fourth-order valence-corrected chi connectivity index (χ4v) is 3.21. The summed E-state index contributed by atoms with van der Waals surface area (Å²) in [5, 5.41) is 17.3. The molecule has 2 amide bonds. The number of alkyl carbamates (subject to hydrolysis) is 1. The Labute approximate surface area is 190 Å². The van der Waals surface area contributed by atoms with Gasteiger partial charge in [-0.25, -0.2) is 14.6 Å². The molecule has 0 radical (unpaired) electrons. The van der Waals surface area contributed by atoms with Crippen LogP contribution in [0.15, 0.2) is 42.7 Å². The van der Waals surface area contributed by atoms with E-state index in [2.05, 4.69) is 31.4 Å². The number of carbonyl (C=O) groups excluding carboxylic acids is 2. The number of nitrogens with one attached hydrogen (secondary N) is 5. The Balaban J connectivity index is 1.33. The number of hydrogen-bond donors (Lipinski definition) is 6. The number of ether oxygens (including phenoxy) is 1. The summed E-state index contributed by atoms with van der Waals surface area (Å²) in [5.74, 6) is -0.996. The smallest absolute Gasteiger partial charge is 0.408 e. The predicted octanol–water partition coefficient (Wildman–Crippen LogP) is 0.760. The third kappa shape index (κ3) is 8.09. The van der Waals surface area contributed by atoms with Gasteiger partial charge in [0, 0.05) is 31.9 Å². The molecule has 3 rings (SSSR count). The van der Waals surface area contributed by atoms with Crippen molar-refractivity contribution >= 4 is 23.9 Å². The molecule has 1 fully saturated rings. The molecule has 12 heteroatoms. The summed E-state index contributed by atoms with van der Waals surface area (Å²) in [6, 6.07) is 7.06. The summed E-state index contributed by atoms with van der Waals surface area (Å²) in [5.41, 5.74) is 3.45. The van der Waals surface area contributed by atoms with E-state index in [4.69, 9.17) is 9.57 Å². The molecule has 1 aliphatic heterocycles. The lowest BCUT2D eigenvalue weighted by molar-refractivity contribution is -0.139. The molecule has 2 aromatic rings. The van der Waals surface area contributed by atoms with Crippen molar-refractivity contribution in [2.45, 2.75) is 44.1 Å². The van der Waals surface area contributed by atoms with Crippen LogP contribution in [-0.2, 0) is 25.8 Å².